The molecule has 3 aromatic carbocycles. The maximum absolute atomic E-state index is 16.7. The highest BCUT2D eigenvalue weighted by Gasteiger charge is 2.74. The first-order valence-electron chi connectivity index (χ1n) is 16.4. The number of nitrogens with zero attached hydrogens (tertiary/aromatic N) is 2. The Balaban J connectivity index is 2.19. The van der Waals surface area contributed by atoms with Crippen LogP contribution in [0.25, 0.3) is 0 Å². The number of fused-ring (bicyclic) bond motifs is 5. The predicted octanol–water partition coefficient (Wildman–Crippen LogP) is 7.34. The van der Waals surface area contributed by atoms with Crippen LogP contribution in [0.5, 0.6) is 0 Å². The number of ether oxygens (including phenoxy) is 4. The van der Waals surface area contributed by atoms with Gasteiger partial charge in [0.2, 0.25) is 0 Å². The number of alkyl halides is 7. The van der Waals surface area contributed by atoms with Gasteiger partial charge in [0.1, 0.15) is 11.2 Å². The van der Waals surface area contributed by atoms with Crippen molar-refractivity contribution in [2.24, 2.45) is 9.98 Å². The highest BCUT2D eigenvalue weighted by Crippen LogP contribution is 2.55. The van der Waals surface area contributed by atoms with Gasteiger partial charge in [0.25, 0.3) is 0 Å². The fourth-order valence-electron chi connectivity index (χ4n) is 5.88. The van der Waals surface area contributed by atoms with E-state index >= 15 is 17.6 Å². The summed E-state index contributed by atoms with van der Waals surface area (Å²) in [5, 5.41) is -3.86. The minimum Gasteiger partial charge on any atom is -0.462 e. The summed E-state index contributed by atoms with van der Waals surface area (Å²) >= 11 is 0. The van der Waals surface area contributed by atoms with E-state index in [2.05, 4.69) is 9.98 Å². The summed E-state index contributed by atoms with van der Waals surface area (Å²) in [5.74, 6) is -18.2. The summed E-state index contributed by atoms with van der Waals surface area (Å²) in [5.41, 5.74) is -9.06. The van der Waals surface area contributed by atoms with Crippen molar-refractivity contribution in [2.75, 3.05) is 13.2 Å². The van der Waals surface area contributed by atoms with E-state index < -0.39 is 108 Å². The molecule has 2 aliphatic rings. The number of carbonyl (C=O) groups is 4. The molecule has 0 N–H and O–H groups in total. The van der Waals surface area contributed by atoms with Crippen molar-refractivity contribution in [1.82, 2.24) is 0 Å². The molecule has 0 saturated heterocycles. The van der Waals surface area contributed by atoms with Gasteiger partial charge in [0, 0.05) is 20.9 Å². The average molecular weight is 767 g/mol. The Morgan fingerprint density at radius 2 is 1.17 bits per heavy atom. The topological polar surface area (TPSA) is 130 Å². The van der Waals surface area contributed by atoms with Crippen LogP contribution >= 0.6 is 0 Å². The maximum atomic E-state index is 16.7. The molecule has 0 saturated carbocycles. The lowest BCUT2D eigenvalue weighted by atomic mass is 9.89. The van der Waals surface area contributed by atoms with Crippen molar-refractivity contribution in [3.05, 3.63) is 89.7 Å². The van der Waals surface area contributed by atoms with Gasteiger partial charge in [-0.2, -0.15) is 30.7 Å². The van der Waals surface area contributed by atoms with Crippen LogP contribution in [0.1, 0.15) is 102 Å². The van der Waals surface area contributed by atoms with Gasteiger partial charge in [0.05, 0.1) is 63.1 Å². The van der Waals surface area contributed by atoms with E-state index in [1.54, 1.807) is 0 Å². The molecular weight excluding hydrogens is 733 g/mol. The molecule has 0 aliphatic carbocycles. The Bertz CT molecular complexity index is 2470. The van der Waals surface area contributed by atoms with E-state index in [4.69, 9.17) is 18.9 Å². The second kappa shape index (κ2) is 13.2. The van der Waals surface area contributed by atoms with Crippen molar-refractivity contribution >= 4 is 35.3 Å². The molecule has 2 aliphatic heterocycles. The van der Waals surface area contributed by atoms with Crippen LogP contribution < -0.4 is 10.7 Å². The lowest BCUT2D eigenvalue weighted by Gasteiger charge is -2.31. The van der Waals surface area contributed by atoms with Gasteiger partial charge in [-0.15, -0.1) is 0 Å². The molecule has 0 unspecified atom stereocenters. The molecule has 0 bridgehead atoms. The van der Waals surface area contributed by atoms with Gasteiger partial charge in [-0.05, 0) is 79.7 Å². The number of esters is 4. The summed E-state index contributed by atoms with van der Waals surface area (Å²) in [4.78, 5) is 62.3. The van der Waals surface area contributed by atoms with Gasteiger partial charge in [-0.25, -0.2) is 29.2 Å². The van der Waals surface area contributed by atoms with Crippen LogP contribution in [0, 0.1) is 20.9 Å². The second-order valence-electron chi connectivity index (χ2n) is 14.1. The van der Waals surface area contributed by atoms with E-state index in [0.717, 1.165) is 30.3 Å². The van der Waals surface area contributed by atoms with Crippen LogP contribution in [-0.4, -0.2) is 60.4 Å². The van der Waals surface area contributed by atoms with Gasteiger partial charge < -0.3 is 18.9 Å². The molecule has 0 radical (unpaired) electrons. The molecule has 0 amide bonds. The van der Waals surface area contributed by atoms with Crippen molar-refractivity contribution in [1.29, 1.82) is 0 Å². The zero-order chi connectivity index (χ0) is 40.5. The first-order valence-corrected chi connectivity index (χ1v) is 16.4. The molecule has 0 atom stereocenters. The summed E-state index contributed by atoms with van der Waals surface area (Å²) in [6.45, 7) is 10.9. The Hall–Kier alpha value is -5.35. The minimum atomic E-state index is -6.90. The molecular formula is C37H33F7N2O8. The molecule has 288 valence electrons. The highest BCUT2D eigenvalue weighted by atomic mass is 19.4. The van der Waals surface area contributed by atoms with Gasteiger partial charge in [-0.1, -0.05) is 6.07 Å². The molecule has 5 rings (SSSR count). The number of hydrogen-bond donors (Lipinski definition) is 0. The molecule has 10 nitrogen and oxygen atoms in total. The monoisotopic (exact) mass is 766 g/mol. The predicted molar refractivity (Wildman–Crippen MR) is 173 cm³/mol. The Morgan fingerprint density at radius 1 is 0.630 bits per heavy atom. The fourth-order valence-corrected chi connectivity index (χ4v) is 5.88. The first-order chi connectivity index (χ1) is 24.8. The van der Waals surface area contributed by atoms with Gasteiger partial charge >= 0.3 is 41.9 Å². The summed E-state index contributed by atoms with van der Waals surface area (Å²) < 4.78 is 127. The lowest BCUT2D eigenvalue weighted by Crippen LogP contribution is -2.51. The number of halogens is 7. The van der Waals surface area contributed by atoms with Crippen LogP contribution in [0.2, 0.25) is 0 Å². The Kier molecular flexibility index (Phi) is 9.74. The first kappa shape index (κ1) is 39.8. The SMILES string of the molecule is CCOC(=O)c1ccc2c(c1)=Nc1c3c(c(C(F)(F)C(F)(F)C(F)(F)F)c(C(=O)OC(C)(C)C)c1=2)=c1c(C(=O)OC(C)(C)C)ccc(C(=O)OCC)c1=N3. The molecule has 54 heavy (non-hydrogen) atoms. The Labute approximate surface area is 301 Å². The number of hydrogen-bond acceptors (Lipinski definition) is 10. The highest BCUT2D eigenvalue weighted by molar-refractivity contribution is 5.98. The zero-order valence-corrected chi connectivity index (χ0v) is 30.1. The van der Waals surface area contributed by atoms with Gasteiger partial charge in [0.15, 0.2) is 0 Å². The van der Waals surface area contributed by atoms with E-state index in [0.29, 0.717) is 0 Å². The summed E-state index contributed by atoms with van der Waals surface area (Å²) in [6.07, 6.45) is -6.90. The van der Waals surface area contributed by atoms with Crippen LogP contribution in [0.3, 0.4) is 0 Å². The fraction of sp³-hybridized carbons (Fsp3) is 0.405. The molecule has 3 aromatic rings. The molecule has 17 heteroatoms. The third-order valence-electron chi connectivity index (χ3n) is 7.89. The molecule has 0 aromatic heterocycles. The number of rotatable bonds is 8. The molecule has 0 fully saturated rings. The zero-order valence-electron chi connectivity index (χ0n) is 30.1. The van der Waals surface area contributed by atoms with Crippen molar-refractivity contribution in [3.63, 3.8) is 0 Å². The standard InChI is InChI=1S/C37H33F7N2O8/c1-9-51-29(47)16-11-12-17-20(15-16)45-27-21(17)24(32(50)54-34(6,7)8)25(35(38,39)36(40,41)37(42,43)44)23-22-18(31(49)53-33(3,4)5)13-14-19(30(48)52-10-2)26(22)46-28(23)27/h11-15H,9-10H2,1-8H3. The van der Waals surface area contributed by atoms with E-state index in [1.807, 2.05) is 0 Å². The third kappa shape index (κ3) is 6.68. The third-order valence-corrected chi connectivity index (χ3v) is 7.89. The lowest BCUT2D eigenvalue weighted by molar-refractivity contribution is -0.359. The van der Waals surface area contributed by atoms with Crippen molar-refractivity contribution < 1.29 is 68.9 Å². The van der Waals surface area contributed by atoms with Crippen molar-refractivity contribution in [3.8, 4) is 0 Å². The minimum absolute atomic E-state index is 0.0463. The molecule has 0 spiro atoms. The van der Waals surface area contributed by atoms with Gasteiger partial charge in [-0.3, -0.25) is 0 Å². The number of carbonyl (C=O) groups excluding carboxylic acids is 4. The normalized spacial score (nSPS) is 13.5. The summed E-state index contributed by atoms with van der Waals surface area (Å²) in [7, 11) is 0. The second-order valence-corrected chi connectivity index (χ2v) is 14.1. The van der Waals surface area contributed by atoms with E-state index in [-0.39, 0.29) is 29.4 Å². The van der Waals surface area contributed by atoms with E-state index in [1.165, 1.54) is 55.4 Å². The van der Waals surface area contributed by atoms with Crippen LogP contribution in [0.15, 0.2) is 40.3 Å². The van der Waals surface area contributed by atoms with Crippen LogP contribution in [0.4, 0.5) is 42.1 Å². The van der Waals surface area contributed by atoms with Crippen LogP contribution in [-0.2, 0) is 24.9 Å². The van der Waals surface area contributed by atoms with E-state index in [9.17, 15) is 32.3 Å². The quantitative estimate of drug-likeness (QED) is 0.0912. The molecule has 2 heterocycles. The smallest absolute Gasteiger partial charge is 0.460 e. The number of benzene rings is 3. The Morgan fingerprint density at radius 3 is 1.72 bits per heavy atom. The van der Waals surface area contributed by atoms with Crippen molar-refractivity contribution in [2.45, 2.75) is 84.6 Å². The average Bonchev–Trinajstić information content (AvgIpc) is 3.60. The maximum Gasteiger partial charge on any atom is 0.460 e. The summed E-state index contributed by atoms with van der Waals surface area (Å²) in [6, 6.07) is 5.30. The largest absolute Gasteiger partial charge is 0.462 e.